The van der Waals surface area contributed by atoms with Gasteiger partial charge in [-0.1, -0.05) is 18.2 Å². The van der Waals surface area contributed by atoms with Crippen molar-refractivity contribution in [3.63, 3.8) is 0 Å². The maximum Gasteiger partial charge on any atom is 0.320 e. The molecule has 3 saturated heterocycles. The highest BCUT2D eigenvalue weighted by molar-refractivity contribution is 5.96. The van der Waals surface area contributed by atoms with Crippen molar-refractivity contribution in [3.8, 4) is 0 Å². The number of piperazine rings is 1. The Labute approximate surface area is 155 Å². The summed E-state index contributed by atoms with van der Waals surface area (Å²) in [6.45, 7) is 5.58. The lowest BCUT2D eigenvalue weighted by atomic mass is 9.83. The summed E-state index contributed by atoms with van der Waals surface area (Å²) in [5.41, 5.74) is 0.706. The van der Waals surface area contributed by atoms with E-state index in [0.29, 0.717) is 25.3 Å². The van der Waals surface area contributed by atoms with E-state index in [1.807, 2.05) is 28.0 Å². The highest BCUT2D eigenvalue weighted by Gasteiger charge is 2.50. The topological polar surface area (TPSA) is 47.1 Å². The van der Waals surface area contributed by atoms with Crippen LogP contribution in [0.4, 0.5) is 10.5 Å². The molecule has 3 aliphatic rings. The fourth-order valence-corrected chi connectivity index (χ4v) is 4.61. The minimum Gasteiger partial charge on any atom is -0.358 e. The lowest BCUT2D eigenvalue weighted by molar-refractivity contribution is -0.123. The second kappa shape index (κ2) is 6.91. The number of Topliss-reactive ketones (excluding diaryl/α,β-unsaturated/α-hetero) is 1. The second-order valence-corrected chi connectivity index (χ2v) is 7.75. The largest absolute Gasteiger partial charge is 0.358 e. The van der Waals surface area contributed by atoms with Gasteiger partial charge in [0.15, 0.2) is 5.78 Å². The first kappa shape index (κ1) is 17.3. The number of hydrogen-bond acceptors (Lipinski definition) is 4. The molecule has 6 heteroatoms. The van der Waals surface area contributed by atoms with E-state index >= 15 is 0 Å². The highest BCUT2D eigenvalue weighted by atomic mass is 16.2. The normalized spacial score (nSPS) is 23.7. The van der Waals surface area contributed by atoms with E-state index in [1.165, 1.54) is 0 Å². The lowest BCUT2D eigenvalue weighted by Crippen LogP contribution is -2.59. The van der Waals surface area contributed by atoms with Gasteiger partial charge in [0, 0.05) is 57.9 Å². The zero-order valence-corrected chi connectivity index (χ0v) is 15.6. The van der Waals surface area contributed by atoms with Crippen LogP contribution in [0.3, 0.4) is 0 Å². The van der Waals surface area contributed by atoms with Gasteiger partial charge in [-0.2, -0.15) is 0 Å². The molecule has 1 aromatic carbocycles. The van der Waals surface area contributed by atoms with Crippen LogP contribution in [0.5, 0.6) is 0 Å². The minimum atomic E-state index is -0.416. The van der Waals surface area contributed by atoms with E-state index in [9.17, 15) is 9.59 Å². The first-order valence-corrected chi connectivity index (χ1v) is 9.68. The summed E-state index contributed by atoms with van der Waals surface area (Å²) in [6.07, 6.45) is 2.09. The van der Waals surface area contributed by atoms with Crippen LogP contribution in [-0.2, 0) is 4.79 Å². The number of likely N-dealkylation sites (tertiary alicyclic amines) is 1. The standard InChI is InChI=1S/C20H28N4O2/c1-21-13-15-23(16-14-21)19(26)22-11-8-20(9-12-22)18(25)7-10-24(20)17-5-3-2-4-6-17/h2-6H,7-16H2,1H3. The molecular formula is C20H28N4O2. The Hall–Kier alpha value is -2.08. The third kappa shape index (κ3) is 2.96. The number of nitrogens with zero attached hydrogens (tertiary/aromatic N) is 4. The fraction of sp³-hybridized carbons (Fsp3) is 0.600. The molecule has 3 heterocycles. The van der Waals surface area contributed by atoms with Crippen molar-refractivity contribution in [2.24, 2.45) is 0 Å². The van der Waals surface area contributed by atoms with Crippen LogP contribution in [0.1, 0.15) is 19.3 Å². The number of urea groups is 1. The molecular weight excluding hydrogens is 328 g/mol. The second-order valence-electron chi connectivity index (χ2n) is 7.75. The maximum absolute atomic E-state index is 12.8. The van der Waals surface area contributed by atoms with Gasteiger partial charge in [0.1, 0.15) is 5.54 Å². The van der Waals surface area contributed by atoms with Crippen molar-refractivity contribution in [1.82, 2.24) is 14.7 Å². The van der Waals surface area contributed by atoms with Crippen molar-refractivity contribution >= 4 is 17.5 Å². The Morgan fingerprint density at radius 2 is 1.50 bits per heavy atom. The minimum absolute atomic E-state index is 0.143. The van der Waals surface area contributed by atoms with Gasteiger partial charge in [-0.15, -0.1) is 0 Å². The quantitative estimate of drug-likeness (QED) is 0.768. The summed E-state index contributed by atoms with van der Waals surface area (Å²) in [7, 11) is 2.09. The zero-order chi connectivity index (χ0) is 18.1. The Kier molecular flexibility index (Phi) is 4.61. The predicted octanol–water partition coefficient (Wildman–Crippen LogP) is 1.67. The molecule has 3 fully saturated rings. The number of rotatable bonds is 1. The molecule has 0 bridgehead atoms. The molecule has 0 atom stereocenters. The van der Waals surface area contributed by atoms with Crippen LogP contribution >= 0.6 is 0 Å². The summed E-state index contributed by atoms with van der Waals surface area (Å²) in [4.78, 5) is 34.1. The molecule has 0 saturated carbocycles. The van der Waals surface area contributed by atoms with Crippen molar-refractivity contribution < 1.29 is 9.59 Å². The molecule has 2 amide bonds. The summed E-state index contributed by atoms with van der Waals surface area (Å²) in [5, 5.41) is 0. The molecule has 0 radical (unpaired) electrons. The number of benzene rings is 1. The van der Waals surface area contributed by atoms with Crippen LogP contribution in [-0.4, -0.2) is 84.9 Å². The lowest BCUT2D eigenvalue weighted by Gasteiger charge is -2.46. The molecule has 26 heavy (non-hydrogen) atoms. The molecule has 0 N–H and O–H groups in total. The summed E-state index contributed by atoms with van der Waals surface area (Å²) < 4.78 is 0. The molecule has 4 rings (SSSR count). The SMILES string of the molecule is CN1CCN(C(=O)N2CCC3(CC2)C(=O)CCN3c2ccccc2)CC1. The molecule has 6 nitrogen and oxygen atoms in total. The molecule has 1 aromatic rings. The summed E-state index contributed by atoms with van der Waals surface area (Å²) >= 11 is 0. The Balaban J connectivity index is 1.44. The first-order chi connectivity index (χ1) is 12.6. The van der Waals surface area contributed by atoms with Crippen LogP contribution in [0.15, 0.2) is 30.3 Å². The number of hydrogen-bond donors (Lipinski definition) is 0. The number of carbonyl (C=O) groups is 2. The maximum atomic E-state index is 12.8. The van der Waals surface area contributed by atoms with Crippen molar-refractivity contribution in [2.75, 3.05) is 57.8 Å². The van der Waals surface area contributed by atoms with Crippen LogP contribution in [0.25, 0.3) is 0 Å². The zero-order valence-electron chi connectivity index (χ0n) is 15.6. The Morgan fingerprint density at radius 3 is 2.15 bits per heavy atom. The number of anilines is 1. The number of amides is 2. The summed E-state index contributed by atoms with van der Waals surface area (Å²) in [6, 6.07) is 10.4. The average Bonchev–Trinajstić information content (AvgIpc) is 2.99. The Morgan fingerprint density at radius 1 is 0.885 bits per heavy atom. The van der Waals surface area contributed by atoms with E-state index < -0.39 is 5.54 Å². The number of carbonyl (C=O) groups excluding carboxylic acids is 2. The monoisotopic (exact) mass is 356 g/mol. The van der Waals surface area contributed by atoms with Crippen LogP contribution in [0, 0.1) is 0 Å². The van der Waals surface area contributed by atoms with E-state index in [0.717, 1.165) is 51.3 Å². The van der Waals surface area contributed by atoms with E-state index in [2.05, 4.69) is 29.0 Å². The van der Waals surface area contributed by atoms with E-state index in [4.69, 9.17) is 0 Å². The third-order valence-electron chi connectivity index (χ3n) is 6.30. The number of para-hydroxylation sites is 1. The molecule has 1 spiro atoms. The van der Waals surface area contributed by atoms with Crippen molar-refractivity contribution in [3.05, 3.63) is 30.3 Å². The predicted molar refractivity (Wildman–Crippen MR) is 101 cm³/mol. The van der Waals surface area contributed by atoms with Crippen molar-refractivity contribution in [2.45, 2.75) is 24.8 Å². The fourth-order valence-electron chi connectivity index (χ4n) is 4.61. The van der Waals surface area contributed by atoms with Gasteiger partial charge in [0.05, 0.1) is 0 Å². The van der Waals surface area contributed by atoms with Crippen LogP contribution < -0.4 is 4.90 Å². The van der Waals surface area contributed by atoms with E-state index in [-0.39, 0.29) is 6.03 Å². The molecule has 3 aliphatic heterocycles. The number of likely N-dealkylation sites (N-methyl/N-ethyl adjacent to an activating group) is 1. The Bertz CT molecular complexity index is 662. The first-order valence-electron chi connectivity index (χ1n) is 9.68. The summed E-state index contributed by atoms with van der Waals surface area (Å²) in [5.74, 6) is 0.341. The number of piperidine rings is 1. The third-order valence-corrected chi connectivity index (χ3v) is 6.30. The van der Waals surface area contributed by atoms with Gasteiger partial charge in [-0.05, 0) is 32.0 Å². The van der Waals surface area contributed by atoms with Gasteiger partial charge >= 0.3 is 6.03 Å². The molecule has 0 unspecified atom stereocenters. The number of ketones is 1. The van der Waals surface area contributed by atoms with Gasteiger partial charge < -0.3 is 19.6 Å². The molecule has 140 valence electrons. The van der Waals surface area contributed by atoms with Crippen LogP contribution in [0.2, 0.25) is 0 Å². The molecule has 0 aliphatic carbocycles. The average molecular weight is 356 g/mol. The van der Waals surface area contributed by atoms with Gasteiger partial charge in [0.2, 0.25) is 0 Å². The van der Waals surface area contributed by atoms with E-state index in [1.54, 1.807) is 0 Å². The smallest absolute Gasteiger partial charge is 0.320 e. The van der Waals surface area contributed by atoms with Gasteiger partial charge in [0.25, 0.3) is 0 Å². The van der Waals surface area contributed by atoms with Crippen molar-refractivity contribution in [1.29, 1.82) is 0 Å². The van der Waals surface area contributed by atoms with Gasteiger partial charge in [-0.25, -0.2) is 4.79 Å². The molecule has 0 aromatic heterocycles. The van der Waals surface area contributed by atoms with Gasteiger partial charge in [-0.3, -0.25) is 4.79 Å². The highest BCUT2D eigenvalue weighted by Crippen LogP contribution is 2.39.